The molecular formula is C15H16N2O2. The molecule has 0 saturated heterocycles. The molecule has 0 aliphatic rings. The molecule has 4 nitrogen and oxygen atoms in total. The number of pyridine rings is 1. The lowest BCUT2D eigenvalue weighted by Gasteiger charge is -2.06. The molecule has 1 heterocycles. The molecule has 2 rings (SSSR count). The van der Waals surface area contributed by atoms with Crippen LogP contribution in [0.15, 0.2) is 42.7 Å². The maximum atomic E-state index is 11.7. The van der Waals surface area contributed by atoms with Gasteiger partial charge in [-0.15, -0.1) is 0 Å². The van der Waals surface area contributed by atoms with Crippen molar-refractivity contribution in [3.63, 3.8) is 0 Å². The minimum Gasteiger partial charge on any atom is -0.460 e. The van der Waals surface area contributed by atoms with E-state index in [1.54, 1.807) is 24.5 Å². The number of hydrogen-bond donors (Lipinski definition) is 1. The van der Waals surface area contributed by atoms with Gasteiger partial charge in [0.2, 0.25) is 0 Å². The summed E-state index contributed by atoms with van der Waals surface area (Å²) >= 11 is 0. The predicted molar refractivity (Wildman–Crippen MR) is 73.3 cm³/mol. The van der Waals surface area contributed by atoms with Gasteiger partial charge in [0.05, 0.1) is 6.42 Å². The highest BCUT2D eigenvalue weighted by Gasteiger charge is 2.05. The van der Waals surface area contributed by atoms with Crippen LogP contribution in [0.1, 0.15) is 16.7 Å². The van der Waals surface area contributed by atoms with Crippen molar-refractivity contribution in [2.75, 3.05) is 5.73 Å². The minimum absolute atomic E-state index is 0.226. The van der Waals surface area contributed by atoms with Crippen LogP contribution in [-0.2, 0) is 22.6 Å². The molecule has 98 valence electrons. The lowest BCUT2D eigenvalue weighted by molar-refractivity contribution is -0.144. The molecule has 0 fully saturated rings. The number of carbonyl (C=O) groups is 1. The second-order valence-electron chi connectivity index (χ2n) is 4.45. The summed E-state index contributed by atoms with van der Waals surface area (Å²) < 4.78 is 5.21. The SMILES string of the molecule is Cc1cncc(COC(=O)Cc2cccc(N)c2)c1. The van der Waals surface area contributed by atoms with Crippen LogP contribution in [0.4, 0.5) is 5.69 Å². The van der Waals surface area contributed by atoms with Gasteiger partial charge >= 0.3 is 5.97 Å². The highest BCUT2D eigenvalue weighted by atomic mass is 16.5. The maximum absolute atomic E-state index is 11.7. The number of nitrogen functional groups attached to an aromatic ring is 1. The summed E-state index contributed by atoms with van der Waals surface area (Å²) in [5.41, 5.74) is 9.09. The molecule has 0 unspecified atom stereocenters. The monoisotopic (exact) mass is 256 g/mol. The zero-order valence-corrected chi connectivity index (χ0v) is 10.8. The summed E-state index contributed by atoms with van der Waals surface area (Å²) in [7, 11) is 0. The molecular weight excluding hydrogens is 240 g/mol. The van der Waals surface area contributed by atoms with E-state index in [-0.39, 0.29) is 19.0 Å². The third kappa shape index (κ3) is 4.10. The second kappa shape index (κ2) is 6.00. The van der Waals surface area contributed by atoms with E-state index in [1.807, 2.05) is 25.1 Å². The maximum Gasteiger partial charge on any atom is 0.310 e. The number of anilines is 1. The average molecular weight is 256 g/mol. The summed E-state index contributed by atoms with van der Waals surface area (Å²) in [6.07, 6.45) is 3.68. The van der Waals surface area contributed by atoms with Crippen LogP contribution in [0.3, 0.4) is 0 Å². The number of ether oxygens (including phenoxy) is 1. The summed E-state index contributed by atoms with van der Waals surface area (Å²) in [6, 6.07) is 9.18. The number of rotatable bonds is 4. The lowest BCUT2D eigenvalue weighted by Crippen LogP contribution is -2.08. The van der Waals surface area contributed by atoms with E-state index in [1.165, 1.54) is 0 Å². The van der Waals surface area contributed by atoms with Crippen molar-refractivity contribution in [2.45, 2.75) is 20.0 Å². The van der Waals surface area contributed by atoms with E-state index >= 15 is 0 Å². The van der Waals surface area contributed by atoms with Crippen LogP contribution >= 0.6 is 0 Å². The van der Waals surface area contributed by atoms with Crippen molar-refractivity contribution in [3.8, 4) is 0 Å². The van der Waals surface area contributed by atoms with Gasteiger partial charge in [0.1, 0.15) is 6.61 Å². The van der Waals surface area contributed by atoms with Crippen molar-refractivity contribution in [1.82, 2.24) is 4.98 Å². The number of nitrogens with zero attached hydrogens (tertiary/aromatic N) is 1. The van der Waals surface area contributed by atoms with Gasteiger partial charge in [0.15, 0.2) is 0 Å². The fourth-order valence-corrected chi connectivity index (χ4v) is 1.78. The third-order valence-corrected chi connectivity index (χ3v) is 2.63. The molecule has 0 radical (unpaired) electrons. The molecule has 0 bridgehead atoms. The number of aromatic nitrogens is 1. The van der Waals surface area contributed by atoms with Crippen LogP contribution in [0.25, 0.3) is 0 Å². The van der Waals surface area contributed by atoms with Crippen LogP contribution < -0.4 is 5.73 Å². The topological polar surface area (TPSA) is 65.2 Å². The standard InChI is InChI=1S/C15H16N2O2/c1-11-5-13(9-17-8-11)10-19-15(18)7-12-3-2-4-14(16)6-12/h2-6,8-9H,7,10,16H2,1H3. The second-order valence-corrected chi connectivity index (χ2v) is 4.45. The first kappa shape index (κ1) is 13.1. The van der Waals surface area contributed by atoms with E-state index in [4.69, 9.17) is 10.5 Å². The number of aryl methyl sites for hydroxylation is 1. The van der Waals surface area contributed by atoms with E-state index in [2.05, 4.69) is 4.98 Å². The molecule has 0 atom stereocenters. The Labute approximate surface area is 112 Å². The van der Waals surface area contributed by atoms with Gasteiger partial charge in [-0.05, 0) is 36.2 Å². The fourth-order valence-electron chi connectivity index (χ4n) is 1.78. The van der Waals surface area contributed by atoms with Crippen molar-refractivity contribution in [1.29, 1.82) is 0 Å². The van der Waals surface area contributed by atoms with Gasteiger partial charge in [-0.2, -0.15) is 0 Å². The Hall–Kier alpha value is -2.36. The molecule has 0 spiro atoms. The van der Waals surface area contributed by atoms with Gasteiger partial charge in [-0.1, -0.05) is 12.1 Å². The molecule has 2 N–H and O–H groups in total. The first-order valence-electron chi connectivity index (χ1n) is 6.04. The molecule has 0 aliphatic carbocycles. The average Bonchev–Trinajstić information content (AvgIpc) is 2.36. The molecule has 1 aromatic heterocycles. The minimum atomic E-state index is -0.271. The van der Waals surface area contributed by atoms with Crippen LogP contribution in [0.5, 0.6) is 0 Å². The number of benzene rings is 1. The summed E-state index contributed by atoms with van der Waals surface area (Å²) in [5, 5.41) is 0. The van der Waals surface area contributed by atoms with Crippen LogP contribution in [-0.4, -0.2) is 11.0 Å². The van der Waals surface area contributed by atoms with Crippen LogP contribution in [0.2, 0.25) is 0 Å². The number of nitrogens with two attached hydrogens (primary N) is 1. The van der Waals surface area contributed by atoms with Crippen molar-refractivity contribution in [3.05, 3.63) is 59.4 Å². The lowest BCUT2D eigenvalue weighted by atomic mass is 10.1. The Balaban J connectivity index is 1.88. The van der Waals surface area contributed by atoms with E-state index in [0.717, 1.165) is 16.7 Å². The van der Waals surface area contributed by atoms with Crippen molar-refractivity contribution >= 4 is 11.7 Å². The Bertz CT molecular complexity index is 582. The quantitative estimate of drug-likeness (QED) is 0.673. The summed E-state index contributed by atoms with van der Waals surface area (Å²) in [5.74, 6) is -0.271. The first-order chi connectivity index (χ1) is 9.13. The van der Waals surface area contributed by atoms with E-state index in [9.17, 15) is 4.79 Å². The molecule has 19 heavy (non-hydrogen) atoms. The Morgan fingerprint density at radius 3 is 2.84 bits per heavy atom. The van der Waals surface area contributed by atoms with Gasteiger partial charge in [0, 0.05) is 23.6 Å². The Morgan fingerprint density at radius 1 is 1.26 bits per heavy atom. The van der Waals surface area contributed by atoms with Gasteiger partial charge in [-0.3, -0.25) is 9.78 Å². The molecule has 4 heteroatoms. The normalized spacial score (nSPS) is 10.2. The van der Waals surface area contributed by atoms with Crippen LogP contribution in [0, 0.1) is 6.92 Å². The van der Waals surface area contributed by atoms with Crippen molar-refractivity contribution < 1.29 is 9.53 Å². The first-order valence-corrected chi connectivity index (χ1v) is 6.04. The highest BCUT2D eigenvalue weighted by Crippen LogP contribution is 2.09. The Morgan fingerprint density at radius 2 is 2.11 bits per heavy atom. The number of hydrogen-bond acceptors (Lipinski definition) is 4. The molecule has 0 saturated carbocycles. The summed E-state index contributed by atoms with van der Waals surface area (Å²) in [4.78, 5) is 15.7. The molecule has 2 aromatic rings. The number of esters is 1. The Kier molecular flexibility index (Phi) is 4.13. The molecule has 0 aliphatic heterocycles. The van der Waals surface area contributed by atoms with Gasteiger partial charge in [0.25, 0.3) is 0 Å². The van der Waals surface area contributed by atoms with Crippen molar-refractivity contribution in [2.24, 2.45) is 0 Å². The highest BCUT2D eigenvalue weighted by molar-refractivity contribution is 5.73. The third-order valence-electron chi connectivity index (χ3n) is 2.63. The fraction of sp³-hybridized carbons (Fsp3) is 0.200. The summed E-state index contributed by atoms with van der Waals surface area (Å²) in [6.45, 7) is 2.20. The number of carbonyl (C=O) groups excluding carboxylic acids is 1. The van der Waals surface area contributed by atoms with E-state index in [0.29, 0.717) is 5.69 Å². The smallest absolute Gasteiger partial charge is 0.310 e. The predicted octanol–water partition coefficient (Wildman–Crippen LogP) is 2.26. The van der Waals surface area contributed by atoms with Gasteiger partial charge < -0.3 is 10.5 Å². The molecule has 0 amide bonds. The largest absolute Gasteiger partial charge is 0.460 e. The molecule has 1 aromatic carbocycles. The van der Waals surface area contributed by atoms with E-state index < -0.39 is 0 Å². The van der Waals surface area contributed by atoms with Gasteiger partial charge in [-0.25, -0.2) is 0 Å². The zero-order chi connectivity index (χ0) is 13.7. The zero-order valence-electron chi connectivity index (χ0n) is 10.8.